The lowest BCUT2D eigenvalue weighted by Crippen LogP contribution is -1.93. The number of rotatable bonds is 4. The van der Waals surface area contributed by atoms with Gasteiger partial charge in [-0.25, -0.2) is 0 Å². The van der Waals surface area contributed by atoms with E-state index in [1.807, 2.05) is 6.08 Å². The van der Waals surface area contributed by atoms with Crippen molar-refractivity contribution in [3.8, 4) is 0 Å². The molecule has 58 valence electrons. The number of unbranched alkanes of at least 4 members (excludes halogenated alkanes) is 1. The minimum absolute atomic E-state index is 0.641. The fourth-order valence-corrected chi connectivity index (χ4v) is 0.690. The van der Waals surface area contributed by atoms with E-state index in [1.54, 1.807) is 0 Å². The summed E-state index contributed by atoms with van der Waals surface area (Å²) in [5, 5.41) is 0. The highest BCUT2D eigenvalue weighted by Gasteiger charge is 1.77. The maximum atomic E-state index is 5.32. The van der Waals surface area contributed by atoms with Crippen molar-refractivity contribution in [3.05, 3.63) is 23.8 Å². The van der Waals surface area contributed by atoms with Crippen molar-refractivity contribution in [2.45, 2.75) is 26.7 Å². The zero-order chi connectivity index (χ0) is 7.82. The predicted molar refractivity (Wildman–Crippen MR) is 46.9 cm³/mol. The molecule has 0 spiro atoms. The summed E-state index contributed by atoms with van der Waals surface area (Å²) in [5.74, 6) is 0. The molecule has 10 heavy (non-hydrogen) atoms. The summed E-state index contributed by atoms with van der Waals surface area (Å²) in [4.78, 5) is 0. The first-order valence-corrected chi connectivity index (χ1v) is 3.84. The van der Waals surface area contributed by atoms with Gasteiger partial charge >= 0.3 is 0 Å². The van der Waals surface area contributed by atoms with Crippen LogP contribution in [0.4, 0.5) is 0 Å². The lowest BCUT2D eigenvalue weighted by Gasteiger charge is -1.89. The van der Waals surface area contributed by atoms with Crippen molar-refractivity contribution in [3.63, 3.8) is 0 Å². The molecule has 0 aliphatic carbocycles. The van der Waals surface area contributed by atoms with Gasteiger partial charge in [0.15, 0.2) is 0 Å². The molecule has 0 heterocycles. The maximum Gasteiger partial charge on any atom is 0.0112 e. The topological polar surface area (TPSA) is 26.0 Å². The van der Waals surface area contributed by atoms with Crippen molar-refractivity contribution in [1.29, 1.82) is 0 Å². The van der Waals surface area contributed by atoms with E-state index in [2.05, 4.69) is 26.0 Å². The van der Waals surface area contributed by atoms with E-state index in [0.717, 1.165) is 6.42 Å². The summed E-state index contributed by atoms with van der Waals surface area (Å²) in [5.41, 5.74) is 6.58. The first kappa shape index (κ1) is 9.44. The van der Waals surface area contributed by atoms with Gasteiger partial charge in [-0.2, -0.15) is 0 Å². The van der Waals surface area contributed by atoms with Crippen LogP contribution in [0.3, 0.4) is 0 Å². The maximum absolute atomic E-state index is 5.32. The van der Waals surface area contributed by atoms with Crippen LogP contribution in [-0.2, 0) is 0 Å². The fourth-order valence-electron chi connectivity index (χ4n) is 0.690. The van der Waals surface area contributed by atoms with Crippen LogP contribution in [0, 0.1) is 0 Å². The summed E-state index contributed by atoms with van der Waals surface area (Å²) < 4.78 is 0. The van der Waals surface area contributed by atoms with E-state index in [4.69, 9.17) is 5.73 Å². The Balaban J connectivity index is 3.55. The van der Waals surface area contributed by atoms with Crippen LogP contribution in [0.1, 0.15) is 26.7 Å². The van der Waals surface area contributed by atoms with Crippen LogP contribution in [0.5, 0.6) is 0 Å². The number of hydrogen-bond donors (Lipinski definition) is 1. The third kappa shape index (κ3) is 5.57. The average molecular weight is 139 g/mol. The Morgan fingerprint density at radius 2 is 2.20 bits per heavy atom. The van der Waals surface area contributed by atoms with Crippen molar-refractivity contribution in [2.24, 2.45) is 5.73 Å². The van der Waals surface area contributed by atoms with Gasteiger partial charge in [0.05, 0.1) is 0 Å². The Labute approximate surface area is 63.6 Å². The molecule has 0 aliphatic heterocycles. The minimum atomic E-state index is 0.641. The third-order valence-electron chi connectivity index (χ3n) is 1.28. The molecule has 0 saturated heterocycles. The summed E-state index contributed by atoms with van der Waals surface area (Å²) in [6.45, 7) is 4.88. The molecule has 0 aliphatic rings. The molecule has 1 nitrogen and oxygen atoms in total. The smallest absolute Gasteiger partial charge is 0.0112 e. The summed E-state index contributed by atoms with van der Waals surface area (Å²) in [6, 6.07) is 0. The lowest BCUT2D eigenvalue weighted by molar-refractivity contribution is 0.957. The fraction of sp³-hybridized carbons (Fsp3) is 0.556. The Kier molecular flexibility index (Phi) is 6.19. The predicted octanol–water partition coefficient (Wildman–Crippen LogP) is 2.25. The van der Waals surface area contributed by atoms with E-state index < -0.39 is 0 Å². The normalized spacial score (nSPS) is 12.9. The molecular weight excluding hydrogens is 122 g/mol. The van der Waals surface area contributed by atoms with Gasteiger partial charge in [-0.1, -0.05) is 37.1 Å². The second kappa shape index (κ2) is 6.56. The molecule has 0 aromatic heterocycles. The Hall–Kier alpha value is -0.560. The molecule has 1 heteroatoms. The lowest BCUT2D eigenvalue weighted by atomic mass is 10.2. The molecule has 0 saturated carbocycles. The van der Waals surface area contributed by atoms with Crippen LogP contribution in [0.15, 0.2) is 23.8 Å². The third-order valence-corrected chi connectivity index (χ3v) is 1.28. The van der Waals surface area contributed by atoms with E-state index in [9.17, 15) is 0 Å². The molecule has 2 N–H and O–H groups in total. The van der Waals surface area contributed by atoms with Crippen molar-refractivity contribution < 1.29 is 0 Å². The van der Waals surface area contributed by atoms with E-state index in [-0.39, 0.29) is 0 Å². The Morgan fingerprint density at radius 1 is 1.50 bits per heavy atom. The van der Waals surface area contributed by atoms with Crippen LogP contribution >= 0.6 is 0 Å². The molecule has 0 bridgehead atoms. The van der Waals surface area contributed by atoms with Crippen LogP contribution in [0.25, 0.3) is 0 Å². The molecular formula is C9H17N. The molecule has 0 radical (unpaired) electrons. The molecule has 0 atom stereocenters. The largest absolute Gasteiger partial charge is 0.327 e. The van der Waals surface area contributed by atoms with Crippen molar-refractivity contribution in [1.82, 2.24) is 0 Å². The first-order chi connectivity index (χ1) is 4.81. The van der Waals surface area contributed by atoms with Gasteiger partial charge in [-0.05, 0) is 13.3 Å². The zero-order valence-corrected chi connectivity index (χ0v) is 6.93. The Morgan fingerprint density at radius 3 is 2.70 bits per heavy atom. The van der Waals surface area contributed by atoms with Gasteiger partial charge in [0.2, 0.25) is 0 Å². The number of allylic oxidation sites excluding steroid dienone is 3. The molecule has 0 aromatic carbocycles. The van der Waals surface area contributed by atoms with Gasteiger partial charge in [0.1, 0.15) is 0 Å². The van der Waals surface area contributed by atoms with Crippen LogP contribution in [0.2, 0.25) is 0 Å². The highest BCUT2D eigenvalue weighted by molar-refractivity contribution is 5.15. The van der Waals surface area contributed by atoms with Crippen LogP contribution in [-0.4, -0.2) is 6.54 Å². The number of hydrogen-bond acceptors (Lipinski definition) is 1. The number of nitrogens with two attached hydrogens (primary N) is 1. The second-order valence-electron chi connectivity index (χ2n) is 2.37. The van der Waals surface area contributed by atoms with Crippen molar-refractivity contribution >= 4 is 0 Å². The summed E-state index contributed by atoms with van der Waals surface area (Å²) in [6.07, 6.45) is 8.70. The van der Waals surface area contributed by atoms with Crippen LogP contribution < -0.4 is 5.73 Å². The first-order valence-electron chi connectivity index (χ1n) is 3.84. The Bertz CT molecular complexity index is 123. The molecule has 0 amide bonds. The zero-order valence-electron chi connectivity index (χ0n) is 6.93. The van der Waals surface area contributed by atoms with Gasteiger partial charge in [0.25, 0.3) is 0 Å². The standard InChI is InChI=1S/C9H17N/c1-3-4-5-6-9(2)7-8-10/h5-7H,3-4,8,10H2,1-2H3/b6-5-,9-7-. The summed E-state index contributed by atoms with van der Waals surface area (Å²) in [7, 11) is 0. The molecule has 0 rings (SSSR count). The quantitative estimate of drug-likeness (QED) is 0.594. The van der Waals surface area contributed by atoms with Crippen molar-refractivity contribution in [2.75, 3.05) is 6.54 Å². The average Bonchev–Trinajstić information content (AvgIpc) is 1.89. The second-order valence-corrected chi connectivity index (χ2v) is 2.37. The van der Waals surface area contributed by atoms with Gasteiger partial charge in [0, 0.05) is 6.54 Å². The monoisotopic (exact) mass is 139 g/mol. The van der Waals surface area contributed by atoms with E-state index >= 15 is 0 Å². The minimum Gasteiger partial charge on any atom is -0.327 e. The summed E-state index contributed by atoms with van der Waals surface area (Å²) >= 11 is 0. The highest BCUT2D eigenvalue weighted by atomic mass is 14.5. The SMILES string of the molecule is CCC/C=C\C(C)=C/CN. The van der Waals surface area contributed by atoms with E-state index in [1.165, 1.54) is 12.0 Å². The highest BCUT2D eigenvalue weighted by Crippen LogP contribution is 1.96. The molecule has 0 aromatic rings. The van der Waals surface area contributed by atoms with Gasteiger partial charge < -0.3 is 5.73 Å². The molecule has 0 unspecified atom stereocenters. The van der Waals surface area contributed by atoms with Gasteiger partial charge in [-0.3, -0.25) is 0 Å². The molecule has 0 fully saturated rings. The van der Waals surface area contributed by atoms with Gasteiger partial charge in [-0.15, -0.1) is 0 Å². The van der Waals surface area contributed by atoms with E-state index in [0.29, 0.717) is 6.54 Å².